The Labute approximate surface area is 213 Å². The fourth-order valence-corrected chi connectivity index (χ4v) is 2.91. The van der Waals surface area contributed by atoms with Crippen LogP contribution in [0, 0.1) is 25.2 Å². The van der Waals surface area contributed by atoms with Gasteiger partial charge in [-0.05, 0) is 33.1 Å². The molecule has 3 amide bonds. The van der Waals surface area contributed by atoms with Gasteiger partial charge in [-0.25, -0.2) is 0 Å². The summed E-state index contributed by atoms with van der Waals surface area (Å²) in [6, 6.07) is -0.323. The molecule has 0 radical (unpaired) electrons. The van der Waals surface area contributed by atoms with Crippen molar-refractivity contribution in [3.63, 3.8) is 0 Å². The molecule has 1 aromatic heterocycles. The maximum absolute atomic E-state index is 12.6. The van der Waals surface area contributed by atoms with E-state index in [-0.39, 0.29) is 30.5 Å². The average molecular weight is 509 g/mol. The van der Waals surface area contributed by atoms with Crippen molar-refractivity contribution in [1.29, 1.82) is 0 Å². The molecule has 0 aliphatic carbocycles. The molecule has 0 bridgehead atoms. The second kappa shape index (κ2) is 16.4. The summed E-state index contributed by atoms with van der Waals surface area (Å²) in [7, 11) is 1.38. The molecule has 0 unspecified atom stereocenters. The first-order valence-corrected chi connectivity index (χ1v) is 11.8. The fourth-order valence-electron chi connectivity index (χ4n) is 2.91. The zero-order valence-electron chi connectivity index (χ0n) is 22.5. The fraction of sp³-hybridized carbons (Fsp3) is 0.640. The number of rotatable bonds is 12. The SMILES string of the molecule is C#CC.CC.COC[C@H](NC(=O)c1cc(C)on1)C(=O)NCC(=O)N[C@@H](CC(C)C)C(=O)[C@@]1(C)CO1. The molecule has 3 atom stereocenters. The molecule has 3 N–H and O–H groups in total. The number of hydrogen-bond donors (Lipinski definition) is 3. The molecule has 1 aliphatic rings. The van der Waals surface area contributed by atoms with E-state index >= 15 is 0 Å². The molecule has 36 heavy (non-hydrogen) atoms. The largest absolute Gasteiger partial charge is 0.382 e. The smallest absolute Gasteiger partial charge is 0.274 e. The summed E-state index contributed by atoms with van der Waals surface area (Å²) < 4.78 is 15.0. The number of terminal acetylenes is 1. The van der Waals surface area contributed by atoms with E-state index in [2.05, 4.69) is 33.5 Å². The van der Waals surface area contributed by atoms with Gasteiger partial charge in [-0.2, -0.15) is 0 Å². The van der Waals surface area contributed by atoms with E-state index in [1.807, 2.05) is 27.7 Å². The summed E-state index contributed by atoms with van der Waals surface area (Å²) in [6.45, 7) is 12.7. The Morgan fingerprint density at radius 3 is 2.25 bits per heavy atom. The van der Waals surface area contributed by atoms with Gasteiger partial charge in [0.2, 0.25) is 11.8 Å². The molecule has 1 aliphatic heterocycles. The van der Waals surface area contributed by atoms with E-state index in [0.29, 0.717) is 18.8 Å². The monoisotopic (exact) mass is 508 g/mol. The van der Waals surface area contributed by atoms with Crippen LogP contribution in [0.5, 0.6) is 0 Å². The Kier molecular flexibility index (Phi) is 15.0. The quantitative estimate of drug-likeness (QED) is 0.283. The lowest BCUT2D eigenvalue weighted by Crippen LogP contribution is -2.53. The highest BCUT2D eigenvalue weighted by Crippen LogP contribution is 2.29. The molecule has 0 aromatic carbocycles. The van der Waals surface area contributed by atoms with E-state index < -0.39 is 35.4 Å². The number of ether oxygens (including phenoxy) is 2. The second-order valence-electron chi connectivity index (χ2n) is 8.44. The van der Waals surface area contributed by atoms with Crippen LogP contribution in [0.4, 0.5) is 0 Å². The van der Waals surface area contributed by atoms with Crippen LogP contribution in [0.1, 0.15) is 64.2 Å². The van der Waals surface area contributed by atoms with Gasteiger partial charge >= 0.3 is 0 Å². The Morgan fingerprint density at radius 1 is 1.22 bits per heavy atom. The first-order valence-electron chi connectivity index (χ1n) is 11.8. The van der Waals surface area contributed by atoms with Gasteiger partial charge in [-0.15, -0.1) is 12.3 Å². The first kappa shape index (κ1) is 32.8. The van der Waals surface area contributed by atoms with Gasteiger partial charge in [-0.3, -0.25) is 19.2 Å². The summed E-state index contributed by atoms with van der Waals surface area (Å²) in [5, 5.41) is 11.2. The van der Waals surface area contributed by atoms with Gasteiger partial charge in [0.05, 0.1) is 25.8 Å². The molecule has 202 valence electrons. The third-order valence-electron chi connectivity index (χ3n) is 4.70. The highest BCUT2D eigenvalue weighted by molar-refractivity contribution is 5.98. The van der Waals surface area contributed by atoms with Crippen LogP contribution in [0.2, 0.25) is 0 Å². The summed E-state index contributed by atoms with van der Waals surface area (Å²) in [6.07, 6.45) is 5.05. The Morgan fingerprint density at radius 2 is 1.81 bits per heavy atom. The van der Waals surface area contributed by atoms with Crippen LogP contribution in [-0.2, 0) is 23.9 Å². The zero-order chi connectivity index (χ0) is 27.9. The molecule has 1 fully saturated rings. The van der Waals surface area contributed by atoms with Gasteiger partial charge in [0.1, 0.15) is 17.4 Å². The number of carbonyl (C=O) groups excluding carboxylic acids is 4. The highest BCUT2D eigenvalue weighted by atomic mass is 16.6. The van der Waals surface area contributed by atoms with Crippen molar-refractivity contribution in [2.75, 3.05) is 26.9 Å². The van der Waals surface area contributed by atoms with Crippen LogP contribution in [0.15, 0.2) is 10.6 Å². The molecular weight excluding hydrogens is 468 g/mol. The molecule has 2 heterocycles. The number of carbonyl (C=O) groups is 4. The third-order valence-corrected chi connectivity index (χ3v) is 4.70. The van der Waals surface area contributed by atoms with Crippen molar-refractivity contribution in [2.24, 2.45) is 5.92 Å². The topological polar surface area (TPSA) is 152 Å². The lowest BCUT2D eigenvalue weighted by atomic mass is 9.93. The number of ketones is 1. The van der Waals surface area contributed by atoms with Crippen LogP contribution in [-0.4, -0.2) is 73.2 Å². The van der Waals surface area contributed by atoms with Crippen molar-refractivity contribution in [3.05, 3.63) is 17.5 Å². The van der Waals surface area contributed by atoms with Crippen molar-refractivity contribution in [2.45, 2.75) is 72.6 Å². The van der Waals surface area contributed by atoms with Gasteiger partial charge in [-0.1, -0.05) is 32.9 Å². The number of nitrogens with one attached hydrogen (secondary N) is 3. The molecule has 1 aromatic rings. The molecule has 1 saturated heterocycles. The number of nitrogens with zero attached hydrogens (tertiary/aromatic N) is 1. The zero-order valence-corrected chi connectivity index (χ0v) is 22.5. The maximum atomic E-state index is 12.6. The lowest BCUT2D eigenvalue weighted by Gasteiger charge is -2.22. The number of hydrogen-bond acceptors (Lipinski definition) is 8. The minimum absolute atomic E-state index is 0.0231. The molecule has 0 saturated carbocycles. The van der Waals surface area contributed by atoms with Crippen molar-refractivity contribution in [1.82, 2.24) is 21.1 Å². The number of aromatic nitrogens is 1. The number of Topliss-reactive ketones (excluding diaryl/α,β-unsaturated/α-hetero) is 1. The van der Waals surface area contributed by atoms with E-state index in [9.17, 15) is 19.2 Å². The highest BCUT2D eigenvalue weighted by Gasteiger charge is 2.50. The standard InChI is InChI=1S/C20H30N4O7.C3H4.C2H6/c1-11(2)6-13(17(26)20(4)10-30-20)22-16(25)8-21-18(27)15(9-29-5)23-19(28)14-7-12(3)31-24-14;1-3-2;1-2/h7,11,13,15H,6,8-10H2,1-5H3,(H,21,27)(H,22,25)(H,23,28);1H,2H3;1-2H3/t13-,15-,20+;;/m0../s1. The molecule has 11 nitrogen and oxygen atoms in total. The van der Waals surface area contributed by atoms with Crippen molar-refractivity contribution < 1.29 is 33.2 Å². The lowest BCUT2D eigenvalue weighted by molar-refractivity contribution is -0.131. The Bertz CT molecular complexity index is 900. The number of epoxide rings is 1. The van der Waals surface area contributed by atoms with Crippen LogP contribution in [0.25, 0.3) is 0 Å². The van der Waals surface area contributed by atoms with Gasteiger partial charge in [0.25, 0.3) is 5.91 Å². The number of aryl methyl sites for hydroxylation is 1. The molecule has 11 heteroatoms. The van der Waals surface area contributed by atoms with Crippen LogP contribution in [0.3, 0.4) is 0 Å². The minimum atomic E-state index is -1.05. The Hall–Kier alpha value is -3.23. The van der Waals surface area contributed by atoms with E-state index in [0.717, 1.165) is 0 Å². The summed E-state index contributed by atoms with van der Waals surface area (Å²) >= 11 is 0. The average Bonchev–Trinajstić information content (AvgIpc) is 3.43. The van der Waals surface area contributed by atoms with E-state index in [4.69, 9.17) is 14.0 Å². The second-order valence-corrected chi connectivity index (χ2v) is 8.44. The van der Waals surface area contributed by atoms with Crippen molar-refractivity contribution >= 4 is 23.5 Å². The van der Waals surface area contributed by atoms with E-state index in [1.54, 1.807) is 20.8 Å². The van der Waals surface area contributed by atoms with E-state index in [1.165, 1.54) is 13.2 Å². The number of methoxy groups -OCH3 is 1. The minimum Gasteiger partial charge on any atom is -0.382 e. The predicted octanol–water partition coefficient (Wildman–Crippen LogP) is 1.40. The van der Waals surface area contributed by atoms with Gasteiger partial charge in [0.15, 0.2) is 11.5 Å². The molecular formula is C25H40N4O7. The number of amides is 3. The van der Waals surface area contributed by atoms with Gasteiger partial charge < -0.3 is 29.9 Å². The first-order chi connectivity index (χ1) is 17.0. The van der Waals surface area contributed by atoms with Crippen LogP contribution < -0.4 is 16.0 Å². The molecule has 2 rings (SSSR count). The maximum Gasteiger partial charge on any atom is 0.274 e. The van der Waals surface area contributed by atoms with Crippen molar-refractivity contribution in [3.8, 4) is 12.3 Å². The predicted molar refractivity (Wildman–Crippen MR) is 134 cm³/mol. The molecule has 0 spiro atoms. The van der Waals surface area contributed by atoms with Crippen LogP contribution >= 0.6 is 0 Å². The van der Waals surface area contributed by atoms with Gasteiger partial charge in [0, 0.05) is 13.2 Å². The third kappa shape index (κ3) is 11.5. The summed E-state index contributed by atoms with van der Waals surface area (Å²) in [5.74, 6) is 0.936. The Balaban J connectivity index is 0.00000227. The normalized spacial score (nSPS) is 17.1. The summed E-state index contributed by atoms with van der Waals surface area (Å²) in [5.41, 5.74) is -0.835. The summed E-state index contributed by atoms with van der Waals surface area (Å²) in [4.78, 5) is 49.6.